The molecule has 160 valence electrons. The molecule has 1 aromatic rings. The van der Waals surface area contributed by atoms with E-state index in [4.69, 9.17) is 9.47 Å². The molecule has 1 N–H and O–H groups in total. The highest BCUT2D eigenvalue weighted by molar-refractivity contribution is 5.86. The number of rotatable bonds is 8. The van der Waals surface area contributed by atoms with E-state index in [0.29, 0.717) is 17.2 Å². The van der Waals surface area contributed by atoms with Gasteiger partial charge in [0.25, 0.3) is 0 Å². The minimum atomic E-state index is -0.403. The number of carbonyl (C=O) groups is 1. The third-order valence-electron chi connectivity index (χ3n) is 6.74. The van der Waals surface area contributed by atoms with Gasteiger partial charge in [-0.1, -0.05) is 50.8 Å². The summed E-state index contributed by atoms with van der Waals surface area (Å²) in [5.41, 5.74) is 2.46. The lowest BCUT2D eigenvalue weighted by Gasteiger charge is -2.36. The molecule has 0 aliphatic heterocycles. The Morgan fingerprint density at radius 1 is 1.03 bits per heavy atom. The Kier molecular flexibility index (Phi) is 8.17. The van der Waals surface area contributed by atoms with E-state index in [1.807, 2.05) is 6.07 Å². The highest BCUT2D eigenvalue weighted by atomic mass is 16.6. The van der Waals surface area contributed by atoms with Gasteiger partial charge in [-0.15, -0.1) is 0 Å². The van der Waals surface area contributed by atoms with E-state index in [-0.39, 0.29) is 19.8 Å². The fraction of sp³-hybridized carbons (Fsp3) is 0.640. The lowest BCUT2D eigenvalue weighted by atomic mass is 9.70. The lowest BCUT2D eigenvalue weighted by Crippen LogP contribution is -2.23. The van der Waals surface area contributed by atoms with Crippen molar-refractivity contribution in [2.45, 2.75) is 77.2 Å². The minimum Gasteiger partial charge on any atom is -0.490 e. The SMILES string of the molecule is C=C(C)C(=O)OCCOc1cc(C2CCC(C3CCCCC3)CC2)ccc1CO. The van der Waals surface area contributed by atoms with Crippen LogP contribution in [-0.2, 0) is 16.1 Å². The zero-order valence-corrected chi connectivity index (χ0v) is 17.8. The van der Waals surface area contributed by atoms with Gasteiger partial charge < -0.3 is 14.6 Å². The largest absolute Gasteiger partial charge is 0.490 e. The summed E-state index contributed by atoms with van der Waals surface area (Å²) < 4.78 is 10.9. The van der Waals surface area contributed by atoms with Crippen LogP contribution in [0.1, 0.15) is 81.8 Å². The van der Waals surface area contributed by atoms with Crippen molar-refractivity contribution in [1.82, 2.24) is 0 Å². The Balaban J connectivity index is 1.54. The Hall–Kier alpha value is -1.81. The maximum Gasteiger partial charge on any atom is 0.333 e. The van der Waals surface area contributed by atoms with Crippen LogP contribution in [0.5, 0.6) is 5.75 Å². The number of hydrogen-bond donors (Lipinski definition) is 1. The van der Waals surface area contributed by atoms with Crippen molar-refractivity contribution in [3.63, 3.8) is 0 Å². The van der Waals surface area contributed by atoms with Gasteiger partial charge in [-0.25, -0.2) is 4.79 Å². The standard InChI is InChI=1S/C25H36O4/c1-18(2)25(27)29-15-14-28-24-16-22(12-13-23(24)17-26)21-10-8-20(9-11-21)19-6-4-3-5-7-19/h12-13,16,19-21,26H,1,3-11,14-15,17H2,2H3. The van der Waals surface area contributed by atoms with Crippen molar-refractivity contribution in [3.05, 3.63) is 41.5 Å². The van der Waals surface area contributed by atoms with E-state index in [9.17, 15) is 9.90 Å². The Labute approximate surface area is 175 Å². The summed E-state index contributed by atoms with van der Waals surface area (Å²) in [5.74, 6) is 2.75. The summed E-state index contributed by atoms with van der Waals surface area (Å²) in [6, 6.07) is 6.20. The molecule has 4 heteroatoms. The smallest absolute Gasteiger partial charge is 0.333 e. The highest BCUT2D eigenvalue weighted by Crippen LogP contribution is 2.43. The maximum absolute atomic E-state index is 11.5. The third kappa shape index (κ3) is 6.08. The molecule has 2 saturated carbocycles. The molecule has 2 fully saturated rings. The molecule has 0 saturated heterocycles. The van der Waals surface area contributed by atoms with Crippen LogP contribution in [0, 0.1) is 11.8 Å². The fourth-order valence-electron chi connectivity index (χ4n) is 5.03. The highest BCUT2D eigenvalue weighted by Gasteiger charge is 2.29. The predicted octanol–water partition coefficient (Wildman–Crippen LogP) is 5.53. The molecular formula is C25H36O4. The predicted molar refractivity (Wildman–Crippen MR) is 115 cm³/mol. The van der Waals surface area contributed by atoms with Crippen LogP contribution in [0.2, 0.25) is 0 Å². The Bertz CT molecular complexity index is 682. The van der Waals surface area contributed by atoms with E-state index in [2.05, 4.69) is 18.7 Å². The summed E-state index contributed by atoms with van der Waals surface area (Å²) in [6.45, 7) is 5.58. The van der Waals surface area contributed by atoms with E-state index in [1.54, 1.807) is 6.92 Å². The van der Waals surface area contributed by atoms with Gasteiger partial charge in [0.2, 0.25) is 0 Å². The molecule has 0 aromatic heterocycles. The second-order valence-corrected chi connectivity index (χ2v) is 8.80. The maximum atomic E-state index is 11.5. The molecular weight excluding hydrogens is 364 g/mol. The molecule has 0 bridgehead atoms. The van der Waals surface area contributed by atoms with Crippen LogP contribution in [0.25, 0.3) is 0 Å². The zero-order chi connectivity index (χ0) is 20.6. The fourth-order valence-corrected chi connectivity index (χ4v) is 5.03. The Morgan fingerprint density at radius 3 is 2.38 bits per heavy atom. The van der Waals surface area contributed by atoms with Crippen LogP contribution in [0.15, 0.2) is 30.4 Å². The topological polar surface area (TPSA) is 55.8 Å². The average molecular weight is 401 g/mol. The van der Waals surface area contributed by atoms with E-state index < -0.39 is 5.97 Å². The summed E-state index contributed by atoms with van der Waals surface area (Å²) >= 11 is 0. The molecule has 3 rings (SSSR count). The summed E-state index contributed by atoms with van der Waals surface area (Å²) in [6.07, 6.45) is 12.3. The molecule has 0 unspecified atom stereocenters. The first kappa shape index (κ1) is 21.9. The van der Waals surface area contributed by atoms with Gasteiger partial charge in [0, 0.05) is 11.1 Å². The van der Waals surface area contributed by atoms with Crippen LogP contribution >= 0.6 is 0 Å². The monoisotopic (exact) mass is 400 g/mol. The third-order valence-corrected chi connectivity index (χ3v) is 6.74. The number of aliphatic hydroxyl groups excluding tert-OH is 1. The molecule has 1 aromatic carbocycles. The first-order valence-corrected chi connectivity index (χ1v) is 11.3. The van der Waals surface area contributed by atoms with Crippen LogP contribution in [0.3, 0.4) is 0 Å². The number of carbonyl (C=O) groups excluding carboxylic acids is 1. The van der Waals surface area contributed by atoms with Crippen LogP contribution in [-0.4, -0.2) is 24.3 Å². The van der Waals surface area contributed by atoms with Gasteiger partial charge >= 0.3 is 5.97 Å². The summed E-state index contributed by atoms with van der Waals surface area (Å²) in [7, 11) is 0. The normalized spacial score (nSPS) is 22.8. The van der Waals surface area contributed by atoms with E-state index >= 15 is 0 Å². The van der Waals surface area contributed by atoms with Gasteiger partial charge in [0.1, 0.15) is 19.0 Å². The number of esters is 1. The van der Waals surface area contributed by atoms with Gasteiger partial charge in [-0.3, -0.25) is 0 Å². The minimum absolute atomic E-state index is 0.0599. The lowest BCUT2D eigenvalue weighted by molar-refractivity contribution is -0.139. The number of aliphatic hydroxyl groups is 1. The van der Waals surface area contributed by atoms with Gasteiger partial charge in [-0.05, 0) is 62.0 Å². The Morgan fingerprint density at radius 2 is 1.72 bits per heavy atom. The van der Waals surface area contributed by atoms with Crippen molar-refractivity contribution in [2.75, 3.05) is 13.2 Å². The van der Waals surface area contributed by atoms with Gasteiger partial charge in [0.05, 0.1) is 6.61 Å². The van der Waals surface area contributed by atoms with Gasteiger partial charge in [-0.2, -0.15) is 0 Å². The summed E-state index contributed by atoms with van der Waals surface area (Å²) in [4.78, 5) is 11.5. The number of hydrogen-bond acceptors (Lipinski definition) is 4. The first-order chi connectivity index (χ1) is 14.1. The zero-order valence-electron chi connectivity index (χ0n) is 17.8. The molecule has 4 nitrogen and oxygen atoms in total. The second kappa shape index (κ2) is 10.8. The molecule has 0 amide bonds. The molecule has 2 aliphatic carbocycles. The molecule has 0 spiro atoms. The molecule has 0 atom stereocenters. The van der Waals surface area contributed by atoms with Gasteiger partial charge in [0.15, 0.2) is 0 Å². The van der Waals surface area contributed by atoms with Crippen LogP contribution in [0.4, 0.5) is 0 Å². The van der Waals surface area contributed by atoms with Crippen molar-refractivity contribution >= 4 is 5.97 Å². The van der Waals surface area contributed by atoms with Crippen molar-refractivity contribution in [1.29, 1.82) is 0 Å². The number of ether oxygens (including phenoxy) is 2. The summed E-state index contributed by atoms with van der Waals surface area (Å²) in [5, 5.41) is 9.64. The molecule has 2 aliphatic rings. The van der Waals surface area contributed by atoms with Crippen molar-refractivity contribution in [3.8, 4) is 5.75 Å². The van der Waals surface area contributed by atoms with Crippen LogP contribution < -0.4 is 4.74 Å². The second-order valence-electron chi connectivity index (χ2n) is 8.80. The van der Waals surface area contributed by atoms with E-state index in [1.165, 1.54) is 63.4 Å². The number of benzene rings is 1. The average Bonchev–Trinajstić information content (AvgIpc) is 2.77. The molecule has 0 radical (unpaired) electrons. The first-order valence-electron chi connectivity index (χ1n) is 11.3. The van der Waals surface area contributed by atoms with Crippen molar-refractivity contribution < 1.29 is 19.4 Å². The van der Waals surface area contributed by atoms with E-state index in [0.717, 1.165) is 17.4 Å². The van der Waals surface area contributed by atoms with Crippen molar-refractivity contribution in [2.24, 2.45) is 11.8 Å². The molecule has 29 heavy (non-hydrogen) atoms. The quantitative estimate of drug-likeness (QED) is 0.354. The molecule has 0 heterocycles.